The van der Waals surface area contributed by atoms with Gasteiger partial charge in [0.25, 0.3) is 0 Å². The fraction of sp³-hybridized carbons (Fsp3) is 0.231. The first-order chi connectivity index (χ1) is 8.16. The molecule has 0 bridgehead atoms. The second-order valence-electron chi connectivity index (χ2n) is 3.87. The SMILES string of the molecule is Cc1cccc(SCC(N)c2occc2Br)c1. The average Bonchev–Trinajstić information content (AvgIpc) is 2.72. The fourth-order valence-electron chi connectivity index (χ4n) is 1.54. The van der Waals surface area contributed by atoms with Crippen LogP contribution in [0.3, 0.4) is 0 Å². The minimum atomic E-state index is -0.0927. The molecule has 0 fully saturated rings. The van der Waals surface area contributed by atoms with Gasteiger partial charge >= 0.3 is 0 Å². The summed E-state index contributed by atoms with van der Waals surface area (Å²) in [7, 11) is 0. The van der Waals surface area contributed by atoms with Crippen LogP contribution in [0.5, 0.6) is 0 Å². The molecule has 1 heterocycles. The van der Waals surface area contributed by atoms with Crippen LogP contribution in [0.15, 0.2) is 50.4 Å². The third-order valence-electron chi connectivity index (χ3n) is 2.40. The second kappa shape index (κ2) is 5.76. The number of halogens is 1. The van der Waals surface area contributed by atoms with E-state index in [0.717, 1.165) is 16.0 Å². The molecule has 1 aromatic heterocycles. The van der Waals surface area contributed by atoms with Crippen molar-refractivity contribution in [2.24, 2.45) is 5.73 Å². The van der Waals surface area contributed by atoms with Crippen LogP contribution in [0.4, 0.5) is 0 Å². The molecule has 1 atom stereocenters. The summed E-state index contributed by atoms with van der Waals surface area (Å²) in [4.78, 5) is 1.24. The molecule has 0 saturated heterocycles. The fourth-order valence-corrected chi connectivity index (χ4v) is 3.00. The first kappa shape index (κ1) is 12.7. The molecule has 17 heavy (non-hydrogen) atoms. The van der Waals surface area contributed by atoms with Gasteiger partial charge in [-0.15, -0.1) is 11.8 Å². The predicted molar refractivity (Wildman–Crippen MR) is 75.2 cm³/mol. The van der Waals surface area contributed by atoms with Crippen molar-refractivity contribution in [1.82, 2.24) is 0 Å². The zero-order valence-corrected chi connectivity index (χ0v) is 11.9. The van der Waals surface area contributed by atoms with Gasteiger partial charge in [0.2, 0.25) is 0 Å². The molecule has 2 nitrogen and oxygen atoms in total. The van der Waals surface area contributed by atoms with Crippen molar-refractivity contribution < 1.29 is 4.42 Å². The molecule has 90 valence electrons. The van der Waals surface area contributed by atoms with Crippen LogP contribution in [0.25, 0.3) is 0 Å². The molecular formula is C13H14BrNOS. The Morgan fingerprint density at radius 1 is 1.41 bits per heavy atom. The van der Waals surface area contributed by atoms with Crippen molar-refractivity contribution in [3.05, 3.63) is 52.4 Å². The van der Waals surface area contributed by atoms with Gasteiger partial charge < -0.3 is 10.2 Å². The highest BCUT2D eigenvalue weighted by Gasteiger charge is 2.13. The monoisotopic (exact) mass is 311 g/mol. The maximum Gasteiger partial charge on any atom is 0.135 e. The van der Waals surface area contributed by atoms with Gasteiger partial charge in [0.1, 0.15) is 5.76 Å². The maximum absolute atomic E-state index is 6.08. The first-order valence-electron chi connectivity index (χ1n) is 5.35. The van der Waals surface area contributed by atoms with Crippen molar-refractivity contribution in [3.8, 4) is 0 Å². The van der Waals surface area contributed by atoms with E-state index in [1.54, 1.807) is 18.0 Å². The van der Waals surface area contributed by atoms with Crippen LogP contribution in [0.2, 0.25) is 0 Å². The maximum atomic E-state index is 6.08. The summed E-state index contributed by atoms with van der Waals surface area (Å²) in [5.74, 6) is 1.61. The normalized spacial score (nSPS) is 12.6. The highest BCUT2D eigenvalue weighted by Crippen LogP contribution is 2.28. The quantitative estimate of drug-likeness (QED) is 0.862. The van der Waals surface area contributed by atoms with E-state index in [4.69, 9.17) is 10.2 Å². The smallest absolute Gasteiger partial charge is 0.135 e. The lowest BCUT2D eigenvalue weighted by atomic mass is 10.2. The molecule has 2 N–H and O–H groups in total. The Hall–Kier alpha value is -0.710. The van der Waals surface area contributed by atoms with Gasteiger partial charge in [0, 0.05) is 10.6 Å². The Kier molecular flexibility index (Phi) is 4.31. The Morgan fingerprint density at radius 2 is 2.24 bits per heavy atom. The number of rotatable bonds is 4. The van der Waals surface area contributed by atoms with Crippen molar-refractivity contribution >= 4 is 27.7 Å². The zero-order valence-electron chi connectivity index (χ0n) is 9.52. The largest absolute Gasteiger partial charge is 0.466 e. The number of furan rings is 1. The Bertz CT molecular complexity index is 498. The van der Waals surface area contributed by atoms with Gasteiger partial charge in [-0.1, -0.05) is 17.7 Å². The van der Waals surface area contributed by atoms with E-state index in [-0.39, 0.29) is 6.04 Å². The van der Waals surface area contributed by atoms with Gasteiger partial charge in [-0.25, -0.2) is 0 Å². The summed E-state index contributed by atoms with van der Waals surface area (Å²) in [5, 5.41) is 0. The van der Waals surface area contributed by atoms with Crippen LogP contribution in [-0.4, -0.2) is 5.75 Å². The van der Waals surface area contributed by atoms with Gasteiger partial charge in [-0.3, -0.25) is 0 Å². The number of aryl methyl sites for hydroxylation is 1. The van der Waals surface area contributed by atoms with Crippen LogP contribution in [0, 0.1) is 6.92 Å². The molecule has 0 amide bonds. The van der Waals surface area contributed by atoms with E-state index in [1.807, 2.05) is 6.07 Å². The Balaban J connectivity index is 1.97. The summed E-state index contributed by atoms with van der Waals surface area (Å²) in [6.45, 7) is 2.09. The zero-order chi connectivity index (χ0) is 12.3. The van der Waals surface area contributed by atoms with E-state index < -0.39 is 0 Å². The summed E-state index contributed by atoms with van der Waals surface area (Å²) in [5.41, 5.74) is 7.35. The number of thioether (sulfide) groups is 1. The summed E-state index contributed by atoms with van der Waals surface area (Å²) < 4.78 is 6.29. The molecule has 0 aliphatic rings. The van der Waals surface area contributed by atoms with Crippen LogP contribution >= 0.6 is 27.7 Å². The van der Waals surface area contributed by atoms with Crippen molar-refractivity contribution in [3.63, 3.8) is 0 Å². The van der Waals surface area contributed by atoms with Crippen LogP contribution in [-0.2, 0) is 0 Å². The number of hydrogen-bond acceptors (Lipinski definition) is 3. The third-order valence-corrected chi connectivity index (χ3v) is 4.17. The second-order valence-corrected chi connectivity index (χ2v) is 5.81. The van der Waals surface area contributed by atoms with Crippen LogP contribution in [0.1, 0.15) is 17.4 Å². The minimum absolute atomic E-state index is 0.0927. The summed E-state index contributed by atoms with van der Waals surface area (Å²) >= 11 is 5.17. The number of hydrogen-bond donors (Lipinski definition) is 1. The van der Waals surface area contributed by atoms with E-state index in [9.17, 15) is 0 Å². The number of benzene rings is 1. The van der Waals surface area contributed by atoms with Gasteiger partial charge in [-0.2, -0.15) is 0 Å². The van der Waals surface area contributed by atoms with Crippen molar-refractivity contribution in [1.29, 1.82) is 0 Å². The topological polar surface area (TPSA) is 39.2 Å². The molecule has 0 aliphatic carbocycles. The number of nitrogens with two attached hydrogens (primary N) is 1. The lowest BCUT2D eigenvalue weighted by Crippen LogP contribution is -2.12. The van der Waals surface area contributed by atoms with E-state index in [2.05, 4.69) is 47.1 Å². The molecular weight excluding hydrogens is 298 g/mol. The molecule has 4 heteroatoms. The van der Waals surface area contributed by atoms with Gasteiger partial charge in [-0.05, 0) is 41.1 Å². The lowest BCUT2D eigenvalue weighted by Gasteiger charge is -2.09. The minimum Gasteiger partial charge on any atom is -0.466 e. The highest BCUT2D eigenvalue weighted by molar-refractivity contribution is 9.10. The molecule has 0 radical (unpaired) electrons. The summed E-state index contributed by atoms with van der Waals surface area (Å²) in [6, 6.07) is 10.2. The molecule has 1 aromatic carbocycles. The average molecular weight is 312 g/mol. The summed E-state index contributed by atoms with van der Waals surface area (Å²) in [6.07, 6.45) is 1.65. The first-order valence-corrected chi connectivity index (χ1v) is 7.12. The molecule has 0 spiro atoms. The molecule has 0 aliphatic heterocycles. The molecule has 2 aromatic rings. The third kappa shape index (κ3) is 3.37. The highest BCUT2D eigenvalue weighted by atomic mass is 79.9. The standard InChI is InChI=1S/C13H14BrNOS/c1-9-3-2-4-10(7-9)17-8-12(15)13-11(14)5-6-16-13/h2-7,12H,8,15H2,1H3. The van der Waals surface area contributed by atoms with Crippen molar-refractivity contribution in [2.75, 3.05) is 5.75 Å². The van der Waals surface area contributed by atoms with Crippen molar-refractivity contribution in [2.45, 2.75) is 17.9 Å². The molecule has 1 unspecified atom stereocenters. The van der Waals surface area contributed by atoms with Crippen LogP contribution < -0.4 is 5.73 Å². The van der Waals surface area contributed by atoms with Gasteiger partial charge in [0.15, 0.2) is 0 Å². The Labute approximate surface area is 114 Å². The lowest BCUT2D eigenvalue weighted by molar-refractivity contribution is 0.480. The van der Waals surface area contributed by atoms with E-state index in [1.165, 1.54) is 10.5 Å². The predicted octanol–water partition coefficient (Wildman–Crippen LogP) is 4.14. The Morgan fingerprint density at radius 3 is 2.88 bits per heavy atom. The molecule has 0 saturated carbocycles. The van der Waals surface area contributed by atoms with Gasteiger partial charge in [0.05, 0.1) is 16.8 Å². The van der Waals surface area contributed by atoms with E-state index in [0.29, 0.717) is 0 Å². The van der Waals surface area contributed by atoms with E-state index >= 15 is 0 Å². The molecule has 2 rings (SSSR count).